The molecule has 1 saturated heterocycles. The third-order valence-corrected chi connectivity index (χ3v) is 7.01. The van der Waals surface area contributed by atoms with Crippen LogP contribution in [-0.4, -0.2) is 23.9 Å². The summed E-state index contributed by atoms with van der Waals surface area (Å²) in [6.45, 7) is 4.05. The predicted molar refractivity (Wildman–Crippen MR) is 147 cm³/mol. The molecular weight excluding hydrogens is 486 g/mol. The van der Waals surface area contributed by atoms with Crippen molar-refractivity contribution in [2.45, 2.75) is 25.8 Å². The van der Waals surface area contributed by atoms with Gasteiger partial charge in [-0.3, -0.25) is 14.5 Å². The minimum atomic E-state index is -0.853. The topological polar surface area (TPSA) is 66.8 Å². The fourth-order valence-electron chi connectivity index (χ4n) is 5.00. The fourth-order valence-corrected chi connectivity index (χ4v) is 5.18. The number of hydrogen-bond acceptors (Lipinski definition) is 4. The summed E-state index contributed by atoms with van der Waals surface area (Å²) in [7, 11) is 1.60. The van der Waals surface area contributed by atoms with E-state index in [1.165, 1.54) is 4.90 Å². The van der Waals surface area contributed by atoms with Crippen molar-refractivity contribution in [1.29, 1.82) is 0 Å². The van der Waals surface area contributed by atoms with E-state index in [0.717, 1.165) is 21.9 Å². The lowest BCUT2D eigenvalue weighted by atomic mass is 9.90. The second kappa shape index (κ2) is 9.75. The number of ether oxygens (including phenoxy) is 1. The first-order valence-corrected chi connectivity index (χ1v) is 12.4. The van der Waals surface area contributed by atoms with Crippen LogP contribution in [0.25, 0.3) is 16.5 Å². The van der Waals surface area contributed by atoms with Crippen molar-refractivity contribution in [2.75, 3.05) is 12.0 Å². The number of anilines is 1. The molecule has 5 nitrogen and oxygen atoms in total. The van der Waals surface area contributed by atoms with Gasteiger partial charge in [0, 0.05) is 16.3 Å². The lowest BCUT2D eigenvalue weighted by Crippen LogP contribution is -2.29. The molecule has 1 atom stereocenters. The summed E-state index contributed by atoms with van der Waals surface area (Å²) < 4.78 is 5.49. The van der Waals surface area contributed by atoms with Crippen LogP contribution in [0.3, 0.4) is 0 Å². The number of ketones is 1. The van der Waals surface area contributed by atoms with Crippen LogP contribution < -0.4 is 9.64 Å². The van der Waals surface area contributed by atoms with Crippen molar-refractivity contribution in [3.05, 3.63) is 112 Å². The third-order valence-electron chi connectivity index (χ3n) is 6.77. The van der Waals surface area contributed by atoms with E-state index in [4.69, 9.17) is 16.3 Å². The molecule has 0 aromatic heterocycles. The Balaban J connectivity index is 1.80. The summed E-state index contributed by atoms with van der Waals surface area (Å²) in [5, 5.41) is 13.9. The molecule has 4 aromatic rings. The highest BCUT2D eigenvalue weighted by molar-refractivity contribution is 6.52. The van der Waals surface area contributed by atoms with Crippen LogP contribution in [0.15, 0.2) is 90.5 Å². The summed E-state index contributed by atoms with van der Waals surface area (Å²) in [6, 6.07) is 24.8. The summed E-state index contributed by atoms with van der Waals surface area (Å²) in [6.07, 6.45) is 0. The molecule has 186 valence electrons. The highest BCUT2D eigenvalue weighted by atomic mass is 35.5. The average Bonchev–Trinajstić information content (AvgIpc) is 3.17. The van der Waals surface area contributed by atoms with Crippen molar-refractivity contribution < 1.29 is 19.4 Å². The number of carbonyl (C=O) groups excluding carboxylic acids is 2. The first-order valence-electron chi connectivity index (χ1n) is 12.0. The molecule has 0 radical (unpaired) electrons. The van der Waals surface area contributed by atoms with Crippen LogP contribution in [0.1, 0.15) is 42.5 Å². The maximum absolute atomic E-state index is 13.6. The maximum atomic E-state index is 13.6. The van der Waals surface area contributed by atoms with E-state index in [1.807, 2.05) is 62.4 Å². The average molecular weight is 512 g/mol. The number of methoxy groups -OCH3 is 1. The highest BCUT2D eigenvalue weighted by Gasteiger charge is 2.47. The summed E-state index contributed by atoms with van der Waals surface area (Å²) >= 11 is 6.27. The molecule has 0 aliphatic carbocycles. The van der Waals surface area contributed by atoms with Crippen LogP contribution in [0.5, 0.6) is 5.75 Å². The van der Waals surface area contributed by atoms with Crippen molar-refractivity contribution >= 4 is 45.5 Å². The van der Waals surface area contributed by atoms with E-state index in [-0.39, 0.29) is 17.3 Å². The van der Waals surface area contributed by atoms with Crippen molar-refractivity contribution in [1.82, 2.24) is 0 Å². The zero-order chi connectivity index (χ0) is 26.3. The Bertz CT molecular complexity index is 1570. The monoisotopic (exact) mass is 511 g/mol. The van der Waals surface area contributed by atoms with Gasteiger partial charge in [0.2, 0.25) is 0 Å². The van der Waals surface area contributed by atoms with Gasteiger partial charge in [0.05, 0.1) is 18.7 Å². The molecule has 1 fully saturated rings. The number of nitrogens with zero attached hydrogens (tertiary/aromatic N) is 1. The van der Waals surface area contributed by atoms with Crippen molar-refractivity contribution in [3.8, 4) is 5.75 Å². The minimum absolute atomic E-state index is 0.0289. The number of halogens is 1. The number of Topliss-reactive ketones (excluding diaryl/α,β-unsaturated/α-hetero) is 1. The molecule has 4 aromatic carbocycles. The second-order valence-corrected chi connectivity index (χ2v) is 9.77. The second-order valence-electron chi connectivity index (χ2n) is 9.33. The van der Waals surface area contributed by atoms with E-state index in [1.54, 1.807) is 43.5 Å². The molecule has 6 heteroatoms. The first kappa shape index (κ1) is 24.6. The number of aliphatic hydroxyl groups is 1. The Morgan fingerprint density at radius 2 is 1.68 bits per heavy atom. The van der Waals surface area contributed by atoms with Gasteiger partial charge >= 0.3 is 0 Å². The predicted octanol–water partition coefficient (Wildman–Crippen LogP) is 7.25. The molecule has 0 spiro atoms. The Kier molecular flexibility index (Phi) is 6.48. The van der Waals surface area contributed by atoms with Crippen molar-refractivity contribution in [2.24, 2.45) is 0 Å². The molecule has 1 heterocycles. The Morgan fingerprint density at radius 3 is 2.41 bits per heavy atom. The smallest absolute Gasteiger partial charge is 0.300 e. The number of aliphatic hydroxyl groups excluding tert-OH is 1. The fraction of sp³-hybridized carbons (Fsp3) is 0.161. The van der Waals surface area contributed by atoms with Crippen LogP contribution >= 0.6 is 11.6 Å². The zero-order valence-corrected chi connectivity index (χ0v) is 21.5. The van der Waals surface area contributed by atoms with Gasteiger partial charge in [-0.25, -0.2) is 0 Å². The van der Waals surface area contributed by atoms with Crippen LogP contribution in [0, 0.1) is 0 Å². The molecule has 1 aliphatic rings. The van der Waals surface area contributed by atoms with Gasteiger partial charge in [0.15, 0.2) is 0 Å². The number of rotatable bonds is 5. The highest BCUT2D eigenvalue weighted by Crippen LogP contribution is 2.45. The van der Waals surface area contributed by atoms with Gasteiger partial charge < -0.3 is 9.84 Å². The first-order chi connectivity index (χ1) is 17.8. The van der Waals surface area contributed by atoms with Crippen molar-refractivity contribution in [3.63, 3.8) is 0 Å². The van der Waals surface area contributed by atoms with Crippen LogP contribution in [0.2, 0.25) is 5.02 Å². The number of amides is 1. The normalized spacial score (nSPS) is 17.1. The van der Waals surface area contributed by atoms with E-state index in [2.05, 4.69) is 0 Å². The summed E-state index contributed by atoms with van der Waals surface area (Å²) in [5.41, 5.74) is 2.57. The van der Waals surface area contributed by atoms with Gasteiger partial charge in [0.25, 0.3) is 11.7 Å². The maximum Gasteiger partial charge on any atom is 0.300 e. The molecule has 1 amide bonds. The number of hydrogen-bond donors (Lipinski definition) is 1. The molecule has 5 rings (SSSR count). The molecule has 1 aliphatic heterocycles. The SMILES string of the molecule is COc1ccc(/C(O)=C2\C(=O)C(=O)N(c3cccc(Cl)c3)C2c2cccc3ccccc23)cc1C(C)C. The van der Waals surface area contributed by atoms with E-state index in [9.17, 15) is 14.7 Å². The number of carbonyl (C=O) groups is 2. The van der Waals surface area contributed by atoms with Gasteiger partial charge in [0.1, 0.15) is 11.5 Å². The molecular formula is C31H26ClNO4. The lowest BCUT2D eigenvalue weighted by Gasteiger charge is -2.26. The molecule has 0 bridgehead atoms. The van der Waals surface area contributed by atoms with Gasteiger partial charge in [-0.05, 0) is 64.2 Å². The Labute approximate surface area is 220 Å². The molecule has 0 saturated carbocycles. The van der Waals surface area contributed by atoms with E-state index in [0.29, 0.717) is 22.0 Å². The quantitative estimate of drug-likeness (QED) is 0.174. The van der Waals surface area contributed by atoms with E-state index >= 15 is 0 Å². The van der Waals surface area contributed by atoms with Gasteiger partial charge in [-0.1, -0.05) is 74.0 Å². The molecule has 37 heavy (non-hydrogen) atoms. The third kappa shape index (κ3) is 4.25. The van der Waals surface area contributed by atoms with E-state index < -0.39 is 17.7 Å². The zero-order valence-electron chi connectivity index (χ0n) is 20.7. The number of benzene rings is 4. The lowest BCUT2D eigenvalue weighted by molar-refractivity contribution is -0.132. The number of fused-ring (bicyclic) bond motifs is 1. The molecule has 1 N–H and O–H groups in total. The standard InChI is InChI=1S/C31H26ClNO4/c1-18(2)25-16-20(14-15-26(25)37-3)29(34)27-28(24-13-6-9-19-8-4-5-12-23(19)24)33(31(36)30(27)35)22-11-7-10-21(32)17-22/h4-18,28,34H,1-3H3/b29-27+. The Morgan fingerprint density at radius 1 is 0.946 bits per heavy atom. The largest absolute Gasteiger partial charge is 0.507 e. The summed E-state index contributed by atoms with van der Waals surface area (Å²) in [4.78, 5) is 28.5. The van der Waals surface area contributed by atoms with Crippen LogP contribution in [-0.2, 0) is 9.59 Å². The minimum Gasteiger partial charge on any atom is -0.507 e. The van der Waals surface area contributed by atoms with Gasteiger partial charge in [-0.2, -0.15) is 0 Å². The van der Waals surface area contributed by atoms with Crippen LogP contribution in [0.4, 0.5) is 5.69 Å². The molecule has 1 unspecified atom stereocenters. The Hall–Kier alpha value is -4.09. The summed E-state index contributed by atoms with van der Waals surface area (Å²) in [5.74, 6) is -0.899. The van der Waals surface area contributed by atoms with Gasteiger partial charge in [-0.15, -0.1) is 0 Å².